The molecule has 0 saturated carbocycles. The summed E-state index contributed by atoms with van der Waals surface area (Å²) < 4.78 is 46.7. The van der Waals surface area contributed by atoms with Crippen LogP contribution in [0.3, 0.4) is 0 Å². The van der Waals surface area contributed by atoms with Gasteiger partial charge in [-0.3, -0.25) is 5.32 Å². The van der Waals surface area contributed by atoms with Crippen LogP contribution < -0.4 is 14.8 Å². The number of hydrogen-bond acceptors (Lipinski definition) is 7. The highest BCUT2D eigenvalue weighted by Gasteiger charge is 2.13. The van der Waals surface area contributed by atoms with Crippen LogP contribution in [0, 0.1) is 0 Å². The number of amides is 1. The summed E-state index contributed by atoms with van der Waals surface area (Å²) in [6, 6.07) is 30.2. The van der Waals surface area contributed by atoms with E-state index in [1.165, 1.54) is 12.1 Å². The summed E-state index contributed by atoms with van der Waals surface area (Å²) in [5.74, 6) is 1.24. The molecule has 0 unspecified atom stereocenters. The normalized spacial score (nSPS) is 11.8. The molecule has 0 aromatic heterocycles. The van der Waals surface area contributed by atoms with Crippen LogP contribution in [0.5, 0.6) is 17.2 Å². The summed E-state index contributed by atoms with van der Waals surface area (Å²) in [4.78, 5) is 12.7. The molecular weight excluding hydrogens is 530 g/mol. The molecule has 0 spiro atoms. The van der Waals surface area contributed by atoms with Crippen molar-refractivity contribution in [1.82, 2.24) is 0 Å². The van der Waals surface area contributed by atoms with Gasteiger partial charge in [0.15, 0.2) is 9.84 Å². The summed E-state index contributed by atoms with van der Waals surface area (Å²) in [6.07, 6.45) is 0.207. The first-order chi connectivity index (χ1) is 19.2. The van der Waals surface area contributed by atoms with Gasteiger partial charge in [-0.15, -0.1) is 0 Å². The number of carbonyl (C=O) groups excluding carboxylic acids is 1. The molecule has 4 aromatic rings. The van der Waals surface area contributed by atoms with Crippen LogP contribution in [-0.4, -0.2) is 33.5 Å². The Hall–Kier alpha value is -4.34. The number of anilines is 1. The fourth-order valence-corrected chi connectivity index (χ4v) is 4.35. The second kappa shape index (κ2) is 13.6. The molecule has 1 N–H and O–H groups in total. The van der Waals surface area contributed by atoms with Crippen molar-refractivity contribution in [1.29, 1.82) is 0 Å². The molecule has 0 aliphatic rings. The van der Waals surface area contributed by atoms with Crippen molar-refractivity contribution in [3.05, 3.63) is 114 Å². The van der Waals surface area contributed by atoms with Gasteiger partial charge < -0.3 is 18.9 Å². The van der Waals surface area contributed by atoms with Gasteiger partial charge in [0.05, 0.1) is 23.8 Å². The summed E-state index contributed by atoms with van der Waals surface area (Å²) in [5.41, 5.74) is 2.32. The maximum atomic E-state index is 12.5. The third-order valence-corrected chi connectivity index (χ3v) is 6.76. The molecule has 0 radical (unpaired) electrons. The number of nitrogens with one attached hydrogen (secondary N) is 1. The zero-order valence-electron chi connectivity index (χ0n) is 22.3. The molecule has 0 fully saturated rings. The van der Waals surface area contributed by atoms with Gasteiger partial charge in [0.2, 0.25) is 0 Å². The lowest BCUT2D eigenvalue weighted by atomic mass is 10.2. The molecular formula is C31H31NO7S. The Bertz CT molecular complexity index is 1490. The van der Waals surface area contributed by atoms with Gasteiger partial charge in [-0.2, -0.15) is 0 Å². The van der Waals surface area contributed by atoms with E-state index >= 15 is 0 Å². The molecule has 9 heteroatoms. The highest BCUT2D eigenvalue weighted by atomic mass is 32.2. The molecule has 0 heterocycles. The third-order valence-electron chi connectivity index (χ3n) is 5.63. The van der Waals surface area contributed by atoms with E-state index in [9.17, 15) is 13.2 Å². The molecule has 4 aromatic carbocycles. The lowest BCUT2D eigenvalue weighted by Gasteiger charge is -2.17. The van der Waals surface area contributed by atoms with E-state index in [1.54, 1.807) is 30.3 Å². The van der Waals surface area contributed by atoms with Crippen LogP contribution in [0.1, 0.15) is 18.1 Å². The maximum absolute atomic E-state index is 12.5. The molecule has 208 valence electrons. The number of hydrogen-bond donors (Lipinski definition) is 1. The topological polar surface area (TPSA) is 100 Å². The zero-order valence-corrected chi connectivity index (χ0v) is 23.1. The average molecular weight is 562 g/mol. The largest absolute Gasteiger partial charge is 0.488 e. The van der Waals surface area contributed by atoms with E-state index in [2.05, 4.69) is 5.32 Å². The van der Waals surface area contributed by atoms with Crippen molar-refractivity contribution in [3.8, 4) is 17.2 Å². The van der Waals surface area contributed by atoms with Crippen LogP contribution >= 0.6 is 0 Å². The van der Waals surface area contributed by atoms with Gasteiger partial charge in [-0.05, 0) is 42.3 Å². The summed E-state index contributed by atoms with van der Waals surface area (Å²) in [7, 11) is -3.33. The first kappa shape index (κ1) is 28.7. The van der Waals surface area contributed by atoms with Crippen LogP contribution in [0.4, 0.5) is 10.5 Å². The number of ether oxygens (including phenoxy) is 4. The molecule has 1 amide bonds. The van der Waals surface area contributed by atoms with E-state index in [-0.39, 0.29) is 17.6 Å². The molecule has 4 rings (SSSR count). The monoisotopic (exact) mass is 561 g/mol. The van der Waals surface area contributed by atoms with Gasteiger partial charge in [-0.1, -0.05) is 60.7 Å². The van der Waals surface area contributed by atoms with Gasteiger partial charge in [0.1, 0.15) is 30.0 Å². The number of benzene rings is 4. The summed E-state index contributed by atoms with van der Waals surface area (Å²) in [6.45, 7) is 2.80. The van der Waals surface area contributed by atoms with Gasteiger partial charge >= 0.3 is 6.09 Å². The molecule has 0 saturated heterocycles. The molecule has 8 nitrogen and oxygen atoms in total. The minimum atomic E-state index is -3.33. The van der Waals surface area contributed by atoms with E-state index in [4.69, 9.17) is 18.9 Å². The van der Waals surface area contributed by atoms with Gasteiger partial charge in [-0.25, -0.2) is 13.2 Å². The first-order valence-corrected chi connectivity index (χ1v) is 14.5. The molecule has 0 aliphatic carbocycles. The quantitative estimate of drug-likeness (QED) is 0.208. The van der Waals surface area contributed by atoms with E-state index in [0.29, 0.717) is 36.1 Å². The predicted molar refractivity (Wildman–Crippen MR) is 153 cm³/mol. The zero-order chi connectivity index (χ0) is 28.4. The van der Waals surface area contributed by atoms with Crippen molar-refractivity contribution >= 4 is 21.6 Å². The fraction of sp³-hybridized carbons (Fsp3) is 0.194. The third kappa shape index (κ3) is 9.14. The van der Waals surface area contributed by atoms with Crippen molar-refractivity contribution in [2.24, 2.45) is 0 Å². The lowest BCUT2D eigenvalue weighted by molar-refractivity contribution is 0.0492. The molecule has 1 atom stereocenters. The molecule has 40 heavy (non-hydrogen) atoms. The van der Waals surface area contributed by atoms with Crippen molar-refractivity contribution < 1.29 is 32.2 Å². The second-order valence-corrected chi connectivity index (χ2v) is 11.2. The van der Waals surface area contributed by atoms with Crippen LogP contribution in [0.2, 0.25) is 0 Å². The number of sulfone groups is 1. The standard InChI is InChI=1S/C31H31NO7S/c1-23(20-36-21-24-9-5-3-6-10-24)38-28-17-26(32-31(33)37-22-25-11-7-4-8-12-25)18-29(19-28)39-27-13-15-30(16-14-27)40(2,34)35/h3-19,23H,20-22H2,1-2H3,(H,32,33)/t23-/m0/s1. The molecule has 0 aliphatic heterocycles. The maximum Gasteiger partial charge on any atom is 0.411 e. The Labute approximate surface area is 234 Å². The smallest absolute Gasteiger partial charge is 0.411 e. The van der Waals surface area contributed by atoms with Crippen LogP contribution in [-0.2, 0) is 32.5 Å². The van der Waals surface area contributed by atoms with Crippen LogP contribution in [0.25, 0.3) is 0 Å². The first-order valence-electron chi connectivity index (χ1n) is 12.6. The Kier molecular flexibility index (Phi) is 9.77. The Morgan fingerprint density at radius 3 is 2.00 bits per heavy atom. The lowest BCUT2D eigenvalue weighted by Crippen LogP contribution is -2.19. The fourth-order valence-electron chi connectivity index (χ4n) is 3.72. The summed E-state index contributed by atoms with van der Waals surface area (Å²) in [5, 5.41) is 2.71. The van der Waals surface area contributed by atoms with Crippen molar-refractivity contribution in [2.75, 3.05) is 18.2 Å². The van der Waals surface area contributed by atoms with Crippen molar-refractivity contribution in [3.63, 3.8) is 0 Å². The van der Waals surface area contributed by atoms with Crippen LogP contribution in [0.15, 0.2) is 108 Å². The Morgan fingerprint density at radius 2 is 1.38 bits per heavy atom. The highest BCUT2D eigenvalue weighted by Crippen LogP contribution is 2.31. The highest BCUT2D eigenvalue weighted by molar-refractivity contribution is 7.90. The average Bonchev–Trinajstić information content (AvgIpc) is 2.93. The predicted octanol–water partition coefficient (Wildman–Crippen LogP) is 6.62. The minimum Gasteiger partial charge on any atom is -0.488 e. The SMILES string of the molecule is C[C@@H](COCc1ccccc1)Oc1cc(NC(=O)OCc2ccccc2)cc(Oc2ccc(S(C)(=O)=O)cc2)c1. The van der Waals surface area contributed by atoms with Gasteiger partial charge in [0, 0.05) is 24.5 Å². The Balaban J connectivity index is 1.45. The molecule has 0 bridgehead atoms. The van der Waals surface area contributed by atoms with E-state index < -0.39 is 15.9 Å². The second-order valence-electron chi connectivity index (χ2n) is 9.15. The van der Waals surface area contributed by atoms with E-state index in [1.807, 2.05) is 67.6 Å². The Morgan fingerprint density at radius 1 is 0.775 bits per heavy atom. The summed E-state index contributed by atoms with van der Waals surface area (Å²) >= 11 is 0. The minimum absolute atomic E-state index is 0.120. The number of carbonyl (C=O) groups is 1. The van der Waals surface area contributed by atoms with Gasteiger partial charge in [0.25, 0.3) is 0 Å². The number of rotatable bonds is 12. The van der Waals surface area contributed by atoms with E-state index in [0.717, 1.165) is 17.4 Å². The van der Waals surface area contributed by atoms with Crippen molar-refractivity contribution in [2.45, 2.75) is 31.1 Å².